The lowest BCUT2D eigenvalue weighted by Gasteiger charge is -1.98. The molecule has 2 aromatic rings. The molecule has 0 unspecified atom stereocenters. The van der Waals surface area contributed by atoms with E-state index >= 15 is 0 Å². The summed E-state index contributed by atoms with van der Waals surface area (Å²) in [5, 5.41) is 0.639. The molecule has 3 heteroatoms. The zero-order valence-corrected chi connectivity index (χ0v) is 7.00. The fourth-order valence-electron chi connectivity index (χ4n) is 1.29. The van der Waals surface area contributed by atoms with E-state index in [2.05, 4.69) is 0 Å². The summed E-state index contributed by atoms with van der Waals surface area (Å²) < 4.78 is 17.7. The monoisotopic (exact) mass is 178 g/mol. The fourth-order valence-corrected chi connectivity index (χ4v) is 1.29. The molecule has 0 atom stereocenters. The van der Waals surface area contributed by atoms with E-state index in [1.807, 2.05) is 0 Å². The van der Waals surface area contributed by atoms with E-state index < -0.39 is 5.63 Å². The van der Waals surface area contributed by atoms with Crippen molar-refractivity contribution in [3.63, 3.8) is 0 Å². The molecule has 0 saturated carbocycles. The highest BCUT2D eigenvalue weighted by Gasteiger charge is 2.02. The molecule has 0 aliphatic carbocycles. The topological polar surface area (TPSA) is 30.2 Å². The van der Waals surface area contributed by atoms with Gasteiger partial charge in [-0.3, -0.25) is 0 Å². The predicted octanol–water partition coefficient (Wildman–Crippen LogP) is 2.24. The van der Waals surface area contributed by atoms with Crippen molar-refractivity contribution in [2.75, 3.05) is 0 Å². The van der Waals surface area contributed by atoms with Gasteiger partial charge in [-0.05, 0) is 30.7 Å². The number of halogens is 1. The first-order chi connectivity index (χ1) is 6.16. The Bertz CT molecular complexity index is 514. The first kappa shape index (κ1) is 7.98. The lowest BCUT2D eigenvalue weighted by molar-refractivity contribution is 0.557. The number of hydrogen-bond acceptors (Lipinski definition) is 2. The highest BCUT2D eigenvalue weighted by Crippen LogP contribution is 2.16. The van der Waals surface area contributed by atoms with Gasteiger partial charge in [0.25, 0.3) is 0 Å². The summed E-state index contributed by atoms with van der Waals surface area (Å²) in [4.78, 5) is 10.9. The van der Waals surface area contributed by atoms with Crippen molar-refractivity contribution >= 4 is 11.0 Å². The molecule has 0 spiro atoms. The molecule has 0 radical (unpaired) electrons. The highest BCUT2D eigenvalue weighted by molar-refractivity contribution is 5.79. The van der Waals surface area contributed by atoms with Crippen LogP contribution in [0, 0.1) is 12.7 Å². The molecule has 2 rings (SSSR count). The fraction of sp³-hybridized carbons (Fsp3) is 0.100. The maximum absolute atomic E-state index is 12.8. The molecule has 0 saturated heterocycles. The quantitative estimate of drug-likeness (QED) is 0.579. The van der Waals surface area contributed by atoms with E-state index in [4.69, 9.17) is 4.42 Å². The number of hydrogen-bond donors (Lipinski definition) is 0. The van der Waals surface area contributed by atoms with Crippen LogP contribution in [0.25, 0.3) is 11.0 Å². The van der Waals surface area contributed by atoms with Gasteiger partial charge in [0.05, 0.1) is 0 Å². The maximum Gasteiger partial charge on any atom is 0.336 e. The van der Waals surface area contributed by atoms with Gasteiger partial charge in [-0.15, -0.1) is 0 Å². The van der Waals surface area contributed by atoms with Gasteiger partial charge < -0.3 is 4.42 Å². The van der Waals surface area contributed by atoms with Crippen molar-refractivity contribution in [1.82, 2.24) is 0 Å². The predicted molar refractivity (Wildman–Crippen MR) is 47.2 cm³/mol. The second-order valence-electron chi connectivity index (χ2n) is 2.89. The van der Waals surface area contributed by atoms with E-state index in [-0.39, 0.29) is 5.82 Å². The molecule has 0 aliphatic rings. The maximum atomic E-state index is 12.8. The molecule has 13 heavy (non-hydrogen) atoms. The average molecular weight is 178 g/mol. The van der Waals surface area contributed by atoms with E-state index in [1.54, 1.807) is 6.92 Å². The molecule has 0 amide bonds. The molecule has 1 heterocycles. The lowest BCUT2D eigenvalue weighted by atomic mass is 10.1. The van der Waals surface area contributed by atoms with Crippen molar-refractivity contribution in [1.29, 1.82) is 0 Å². The lowest BCUT2D eigenvalue weighted by Crippen LogP contribution is -1.97. The van der Waals surface area contributed by atoms with Crippen LogP contribution in [0.1, 0.15) is 5.56 Å². The summed E-state index contributed by atoms with van der Waals surface area (Å²) in [5.41, 5.74) is 0.744. The number of rotatable bonds is 0. The zero-order valence-electron chi connectivity index (χ0n) is 7.00. The van der Waals surface area contributed by atoms with Gasteiger partial charge in [-0.2, -0.15) is 0 Å². The highest BCUT2D eigenvalue weighted by atomic mass is 19.1. The third-order valence-electron chi connectivity index (χ3n) is 1.91. The Morgan fingerprint density at radius 2 is 2.08 bits per heavy atom. The third-order valence-corrected chi connectivity index (χ3v) is 1.91. The van der Waals surface area contributed by atoms with Crippen molar-refractivity contribution in [3.05, 3.63) is 46.1 Å². The molecule has 66 valence electrons. The Labute approximate surface area is 73.6 Å². The second kappa shape index (κ2) is 2.69. The van der Waals surface area contributed by atoms with Crippen molar-refractivity contribution in [2.45, 2.75) is 6.92 Å². The third kappa shape index (κ3) is 1.33. The Kier molecular flexibility index (Phi) is 1.65. The van der Waals surface area contributed by atoms with Gasteiger partial charge in [-0.1, -0.05) is 0 Å². The van der Waals surface area contributed by atoms with E-state index in [0.29, 0.717) is 11.0 Å². The smallest absolute Gasteiger partial charge is 0.336 e. The van der Waals surface area contributed by atoms with Gasteiger partial charge in [0.2, 0.25) is 0 Å². The van der Waals surface area contributed by atoms with Crippen molar-refractivity contribution in [3.8, 4) is 0 Å². The van der Waals surface area contributed by atoms with Crippen LogP contribution in [-0.4, -0.2) is 0 Å². The number of fused-ring (bicyclic) bond motifs is 1. The zero-order chi connectivity index (χ0) is 9.42. The first-order valence-electron chi connectivity index (χ1n) is 3.87. The van der Waals surface area contributed by atoms with E-state index in [9.17, 15) is 9.18 Å². The summed E-state index contributed by atoms with van der Waals surface area (Å²) in [5.74, 6) is -0.329. The van der Waals surface area contributed by atoms with E-state index in [0.717, 1.165) is 5.56 Å². The van der Waals surface area contributed by atoms with Crippen LogP contribution >= 0.6 is 0 Å². The molecular weight excluding hydrogens is 171 g/mol. The van der Waals surface area contributed by atoms with Gasteiger partial charge in [-0.25, -0.2) is 9.18 Å². The summed E-state index contributed by atoms with van der Waals surface area (Å²) >= 11 is 0. The number of aryl methyl sites for hydroxylation is 1. The van der Waals surface area contributed by atoms with Crippen LogP contribution in [0.5, 0.6) is 0 Å². The second-order valence-corrected chi connectivity index (χ2v) is 2.89. The van der Waals surface area contributed by atoms with Gasteiger partial charge in [0.15, 0.2) is 0 Å². The minimum atomic E-state index is -0.406. The van der Waals surface area contributed by atoms with Crippen LogP contribution in [0.3, 0.4) is 0 Å². The summed E-state index contributed by atoms with van der Waals surface area (Å²) in [6, 6.07) is 5.43. The van der Waals surface area contributed by atoms with Gasteiger partial charge in [0.1, 0.15) is 11.4 Å². The normalized spacial score (nSPS) is 10.6. The van der Waals surface area contributed by atoms with Crippen molar-refractivity contribution in [2.24, 2.45) is 0 Å². The Hall–Kier alpha value is -1.64. The molecule has 0 bridgehead atoms. The minimum Gasteiger partial charge on any atom is -0.423 e. The van der Waals surface area contributed by atoms with Crippen LogP contribution in [0.4, 0.5) is 4.39 Å². The number of benzene rings is 1. The molecular formula is C10H7FO2. The minimum absolute atomic E-state index is 0.329. The first-order valence-corrected chi connectivity index (χ1v) is 3.87. The molecule has 2 nitrogen and oxygen atoms in total. The van der Waals surface area contributed by atoms with Crippen LogP contribution in [-0.2, 0) is 0 Å². The Morgan fingerprint density at radius 1 is 1.31 bits per heavy atom. The van der Waals surface area contributed by atoms with Gasteiger partial charge in [0, 0.05) is 11.5 Å². The summed E-state index contributed by atoms with van der Waals surface area (Å²) in [6.07, 6.45) is 0. The van der Waals surface area contributed by atoms with Crippen LogP contribution in [0.2, 0.25) is 0 Å². The summed E-state index contributed by atoms with van der Waals surface area (Å²) in [7, 11) is 0. The summed E-state index contributed by atoms with van der Waals surface area (Å²) in [6.45, 7) is 1.75. The van der Waals surface area contributed by atoms with E-state index in [1.165, 1.54) is 24.3 Å². The average Bonchev–Trinajstić information content (AvgIpc) is 2.06. The standard InChI is InChI=1S/C10H7FO2/c1-6-4-10(12)13-9-3-2-7(11)5-8(6)9/h2-5H,1H3. The van der Waals surface area contributed by atoms with Crippen LogP contribution in [0.15, 0.2) is 33.5 Å². The molecule has 0 aliphatic heterocycles. The SMILES string of the molecule is Cc1cc(=O)oc2ccc(F)cc12. The molecule has 1 aromatic carbocycles. The molecule has 0 N–H and O–H groups in total. The Balaban J connectivity index is 2.95. The molecule has 0 fully saturated rings. The Morgan fingerprint density at radius 3 is 2.85 bits per heavy atom. The van der Waals surface area contributed by atoms with Crippen LogP contribution < -0.4 is 5.63 Å². The largest absolute Gasteiger partial charge is 0.423 e. The van der Waals surface area contributed by atoms with Gasteiger partial charge >= 0.3 is 5.63 Å². The molecule has 1 aromatic heterocycles. The van der Waals surface area contributed by atoms with Crippen molar-refractivity contribution < 1.29 is 8.81 Å².